The van der Waals surface area contributed by atoms with Crippen LogP contribution in [0.4, 0.5) is 0 Å². The smallest absolute Gasteiger partial charge is 0.180 e. The minimum atomic E-state index is 0. The predicted molar refractivity (Wildman–Crippen MR) is 251 cm³/mol. The zero-order valence-corrected chi connectivity index (χ0v) is 48.1. The molecule has 6 aromatic rings. The van der Waals surface area contributed by atoms with Gasteiger partial charge in [-0.15, -0.1) is 0 Å². The molecule has 0 aliphatic heterocycles. The summed E-state index contributed by atoms with van der Waals surface area (Å²) in [5.74, 6) is 0. The van der Waals surface area contributed by atoms with E-state index in [4.69, 9.17) is 0 Å². The summed E-state index contributed by atoms with van der Waals surface area (Å²) >= 11 is 0. The molecule has 0 aromatic heterocycles. The Hall–Kier alpha value is -2.20. The van der Waals surface area contributed by atoms with Crippen molar-refractivity contribution in [2.24, 2.45) is 0 Å². The van der Waals surface area contributed by atoms with Gasteiger partial charge in [0.25, 0.3) is 0 Å². The van der Waals surface area contributed by atoms with E-state index >= 15 is 0 Å². The maximum atomic E-state index is 3.20. The van der Waals surface area contributed by atoms with Crippen LogP contribution in [0.3, 0.4) is 0 Å². The van der Waals surface area contributed by atoms with Gasteiger partial charge in [-0.2, -0.15) is 215 Å². The largest absolute Gasteiger partial charge is 2.00 e. The van der Waals surface area contributed by atoms with E-state index in [0.29, 0.717) is 0 Å². The molecule has 0 amide bonds. The van der Waals surface area contributed by atoms with Crippen molar-refractivity contribution < 1.29 is 74.8 Å². The summed E-state index contributed by atoms with van der Waals surface area (Å²) in [4.78, 5) is 0. The molecule has 6 rings (SSSR count). The van der Waals surface area contributed by atoms with Gasteiger partial charge in [-0.1, -0.05) is 111 Å². The van der Waals surface area contributed by atoms with Crippen LogP contribution in [0, 0.1) is 36.4 Å². The molecule has 0 unspecified atom stereocenters. The fraction of sp³-hybridized carbons (Fsp3) is 0.345. The summed E-state index contributed by atoms with van der Waals surface area (Å²) in [5.41, 5.74) is 7.28. The molecule has 58 heavy (non-hydrogen) atoms. The van der Waals surface area contributed by atoms with E-state index in [0.717, 1.165) is 19.3 Å². The van der Waals surface area contributed by atoms with Crippen LogP contribution >= 0.6 is 0 Å². The monoisotopic (exact) mass is 1200 g/mol. The van der Waals surface area contributed by atoms with Gasteiger partial charge in [0.2, 0.25) is 0 Å². The Kier molecular flexibility index (Phi) is 84.2. The Morgan fingerprint density at radius 2 is 0.362 bits per heavy atom. The van der Waals surface area contributed by atoms with Crippen molar-refractivity contribution in [1.29, 1.82) is 0 Å². The first-order valence-corrected chi connectivity index (χ1v) is 21.1. The van der Waals surface area contributed by atoms with Crippen LogP contribution in [0.5, 0.6) is 0 Å². The van der Waals surface area contributed by atoms with Crippen LogP contribution in [0.1, 0.15) is 144 Å². The van der Waals surface area contributed by atoms with Crippen LogP contribution in [-0.2, 0) is 94.1 Å². The van der Waals surface area contributed by atoms with Crippen molar-refractivity contribution in [1.82, 2.24) is 0 Å². The van der Waals surface area contributed by atoms with Crippen molar-refractivity contribution >= 4 is 0 Å². The van der Waals surface area contributed by atoms with Gasteiger partial charge >= 0.3 is 42.1 Å². The minimum absolute atomic E-state index is 0. The molecular formula is C55H78W2Y-2. The van der Waals surface area contributed by atoms with Gasteiger partial charge < -0.3 is 0 Å². The SMILES string of the molecule is CC.CC.CC.CC.CC.CC.CC.CC.[W+2].[W+2].[Y].[c-]1ccccc1Cc1[c-]cccc1.[c-]1ccccc1Cc1[c-]cccc1.[c-]1ccccc1Cc1[c-]cccc1. The first-order chi connectivity index (χ1) is 27.3. The molecule has 0 fully saturated rings. The fourth-order valence-electron chi connectivity index (χ4n) is 3.86. The molecule has 0 saturated carbocycles. The number of rotatable bonds is 6. The van der Waals surface area contributed by atoms with E-state index in [9.17, 15) is 0 Å². The summed E-state index contributed by atoms with van der Waals surface area (Å²) in [7, 11) is 0. The van der Waals surface area contributed by atoms with Gasteiger partial charge in [0, 0.05) is 32.7 Å². The van der Waals surface area contributed by atoms with E-state index in [2.05, 4.69) is 72.8 Å². The third kappa shape index (κ3) is 44.9. The average molecular weight is 1200 g/mol. The van der Waals surface area contributed by atoms with Gasteiger partial charge in [0.05, 0.1) is 0 Å². The topological polar surface area (TPSA) is 0 Å². The molecule has 0 bridgehead atoms. The molecule has 0 atom stereocenters. The quantitative estimate of drug-likeness (QED) is 0.146. The van der Waals surface area contributed by atoms with Crippen molar-refractivity contribution in [3.63, 3.8) is 0 Å². The summed E-state index contributed by atoms with van der Waals surface area (Å²) in [6, 6.07) is 67.5. The summed E-state index contributed by atoms with van der Waals surface area (Å²) in [6.45, 7) is 32.0. The normalized spacial score (nSPS) is 7.45. The molecule has 315 valence electrons. The zero-order chi connectivity index (χ0) is 42.8. The number of hydrogen-bond acceptors (Lipinski definition) is 0. The molecule has 0 spiro atoms. The van der Waals surface area contributed by atoms with Gasteiger partial charge in [0.1, 0.15) is 0 Å². The van der Waals surface area contributed by atoms with Crippen molar-refractivity contribution in [3.05, 3.63) is 215 Å². The summed E-state index contributed by atoms with van der Waals surface area (Å²) in [6.07, 6.45) is 2.76. The minimum Gasteiger partial charge on any atom is -0.180 e. The molecule has 0 nitrogen and oxygen atoms in total. The third-order valence-corrected chi connectivity index (χ3v) is 5.78. The first kappa shape index (κ1) is 73.3. The zero-order valence-electron chi connectivity index (χ0n) is 39.4. The predicted octanol–water partition coefficient (Wildman–Crippen LogP) is 16.8. The second-order valence-electron chi connectivity index (χ2n) is 8.86. The Balaban J connectivity index is -0.0000000897. The van der Waals surface area contributed by atoms with Crippen LogP contribution in [-0.4, -0.2) is 0 Å². The van der Waals surface area contributed by atoms with Crippen LogP contribution in [0.25, 0.3) is 0 Å². The molecule has 0 N–H and O–H groups in total. The molecule has 0 heterocycles. The summed E-state index contributed by atoms with van der Waals surface area (Å²) in [5, 5.41) is 0. The van der Waals surface area contributed by atoms with E-state index in [1.165, 1.54) is 33.4 Å². The second kappa shape index (κ2) is 66.6. The van der Waals surface area contributed by atoms with Crippen molar-refractivity contribution in [3.8, 4) is 0 Å². The van der Waals surface area contributed by atoms with E-state index in [-0.39, 0.29) is 74.8 Å². The Labute approximate surface area is 416 Å². The van der Waals surface area contributed by atoms with Crippen LogP contribution < -0.4 is 0 Å². The first-order valence-electron chi connectivity index (χ1n) is 21.1. The molecule has 6 aromatic carbocycles. The standard InChI is InChI=1S/3C13H10.8C2H6.2W.Y/c3*1-3-7-12(8-4-1)11-13-9-5-2-6-10-13;8*1-2;;;/h3*1-7,9H,11H2;8*1-2H3;;;/q3*-2;;;;;;;;;2*+2;. The van der Waals surface area contributed by atoms with Gasteiger partial charge in [-0.05, 0) is 19.3 Å². The molecule has 0 saturated heterocycles. The maximum Gasteiger partial charge on any atom is 2.00 e. The molecule has 3 heteroatoms. The van der Waals surface area contributed by atoms with Crippen molar-refractivity contribution in [2.45, 2.75) is 130 Å². The molecular weight excluding hydrogens is 1120 g/mol. The van der Waals surface area contributed by atoms with Gasteiger partial charge in [-0.3, -0.25) is 0 Å². The van der Waals surface area contributed by atoms with Crippen LogP contribution in [0.2, 0.25) is 0 Å². The van der Waals surface area contributed by atoms with E-state index < -0.39 is 0 Å². The number of benzene rings is 6. The molecule has 1 radical (unpaired) electrons. The molecule has 0 aliphatic carbocycles. The average Bonchev–Trinajstić information content (AvgIpc) is 3.32. The van der Waals surface area contributed by atoms with Crippen molar-refractivity contribution in [2.75, 3.05) is 0 Å². The Bertz CT molecular complexity index is 1140. The third-order valence-electron chi connectivity index (χ3n) is 5.78. The Morgan fingerprint density at radius 1 is 0.241 bits per heavy atom. The summed E-state index contributed by atoms with van der Waals surface area (Å²) < 4.78 is 0. The van der Waals surface area contributed by atoms with Gasteiger partial charge in [-0.25, -0.2) is 0 Å². The molecule has 0 aliphatic rings. The second-order valence-corrected chi connectivity index (χ2v) is 8.86. The maximum absolute atomic E-state index is 3.20. The Morgan fingerprint density at radius 3 is 0.448 bits per heavy atom. The number of hydrogen-bond donors (Lipinski definition) is 0. The van der Waals surface area contributed by atoms with Gasteiger partial charge in [0.15, 0.2) is 0 Å². The van der Waals surface area contributed by atoms with E-state index in [1.54, 1.807) is 0 Å². The van der Waals surface area contributed by atoms with E-state index in [1.807, 2.05) is 220 Å². The fourth-order valence-corrected chi connectivity index (χ4v) is 3.86. The van der Waals surface area contributed by atoms with Crippen LogP contribution in [0.15, 0.2) is 146 Å².